The van der Waals surface area contributed by atoms with Crippen molar-refractivity contribution in [3.05, 3.63) is 46.0 Å². The molecule has 9 nitrogen and oxygen atoms in total. The lowest BCUT2D eigenvalue weighted by Crippen LogP contribution is -2.40. The Kier molecular flexibility index (Phi) is 7.00. The van der Waals surface area contributed by atoms with Gasteiger partial charge in [0, 0.05) is 24.3 Å². The van der Waals surface area contributed by atoms with Crippen molar-refractivity contribution in [1.29, 1.82) is 0 Å². The molecule has 10 heteroatoms. The van der Waals surface area contributed by atoms with Gasteiger partial charge in [-0.1, -0.05) is 36.0 Å². The topological polar surface area (TPSA) is 116 Å². The molecule has 2 aromatic carbocycles. The Morgan fingerprint density at radius 3 is 2.72 bits per heavy atom. The van der Waals surface area contributed by atoms with Gasteiger partial charge in [0.1, 0.15) is 17.2 Å². The number of nitrogens with one attached hydrogen (secondary N) is 2. The van der Waals surface area contributed by atoms with Gasteiger partial charge in [0.25, 0.3) is 11.9 Å². The third-order valence-electron chi connectivity index (χ3n) is 7.58. The lowest BCUT2D eigenvalue weighted by molar-refractivity contribution is 0.0662. The maximum atomic E-state index is 13.4. The normalized spacial score (nSPS) is 16.4. The van der Waals surface area contributed by atoms with E-state index in [0.29, 0.717) is 28.4 Å². The van der Waals surface area contributed by atoms with Crippen LogP contribution in [0.5, 0.6) is 17.2 Å². The molecule has 2 aliphatic carbocycles. The number of aromatic hydroxyl groups is 1. The molecule has 5 rings (SSSR count). The molecule has 1 saturated carbocycles. The number of rotatable bonds is 7. The van der Waals surface area contributed by atoms with Gasteiger partial charge < -0.3 is 20.1 Å². The number of carbonyl (C=O) groups excluding carboxylic acids is 1. The van der Waals surface area contributed by atoms with Crippen molar-refractivity contribution in [2.24, 2.45) is 5.92 Å². The molecule has 0 spiro atoms. The molecule has 0 saturated heterocycles. The van der Waals surface area contributed by atoms with E-state index in [1.807, 2.05) is 7.05 Å². The largest absolute Gasteiger partial charge is 0.507 e. The third kappa shape index (κ3) is 4.84. The number of anilines is 2. The quantitative estimate of drug-likeness (QED) is 0.377. The molecular weight excluding hydrogens is 480 g/mol. The van der Waals surface area contributed by atoms with E-state index in [-0.39, 0.29) is 23.3 Å². The average molecular weight is 511 g/mol. The van der Waals surface area contributed by atoms with Crippen molar-refractivity contribution >= 4 is 29.1 Å². The molecule has 3 N–H and O–H groups in total. The molecule has 0 aliphatic heterocycles. The maximum absolute atomic E-state index is 13.4. The first kappa shape index (κ1) is 24.4. The van der Waals surface area contributed by atoms with Crippen LogP contribution in [0.2, 0.25) is 5.02 Å². The molecule has 1 atom stereocenters. The molecule has 36 heavy (non-hydrogen) atoms. The van der Waals surface area contributed by atoms with Crippen LogP contribution in [0.1, 0.15) is 66.9 Å². The van der Waals surface area contributed by atoms with Crippen LogP contribution in [-0.2, 0) is 12.8 Å². The predicted molar refractivity (Wildman–Crippen MR) is 137 cm³/mol. The van der Waals surface area contributed by atoms with Gasteiger partial charge in [0.05, 0.1) is 10.6 Å². The van der Waals surface area contributed by atoms with Crippen LogP contribution in [0.3, 0.4) is 0 Å². The highest BCUT2D eigenvalue weighted by atomic mass is 35.5. The molecule has 0 bridgehead atoms. The van der Waals surface area contributed by atoms with E-state index in [1.54, 1.807) is 23.1 Å². The Labute approximate surface area is 215 Å². The van der Waals surface area contributed by atoms with Crippen molar-refractivity contribution in [2.75, 3.05) is 12.4 Å². The number of aromatic amines is 1. The number of phenols is 1. The van der Waals surface area contributed by atoms with Crippen LogP contribution in [0.25, 0.3) is 0 Å². The van der Waals surface area contributed by atoms with E-state index in [0.717, 1.165) is 48.9 Å². The highest BCUT2D eigenvalue weighted by Gasteiger charge is 2.29. The lowest BCUT2D eigenvalue weighted by atomic mass is 9.84. The summed E-state index contributed by atoms with van der Waals surface area (Å²) in [5, 5.41) is 28.0. The third-order valence-corrected chi connectivity index (χ3v) is 7.86. The van der Waals surface area contributed by atoms with E-state index >= 15 is 0 Å². The first-order chi connectivity index (χ1) is 17.4. The van der Waals surface area contributed by atoms with E-state index in [4.69, 9.17) is 16.3 Å². The number of ether oxygens (including phenoxy) is 1. The zero-order valence-electron chi connectivity index (χ0n) is 20.6. The monoisotopic (exact) mass is 510 g/mol. The van der Waals surface area contributed by atoms with Gasteiger partial charge in [-0.15, -0.1) is 5.10 Å². The van der Waals surface area contributed by atoms with Gasteiger partial charge in [0.15, 0.2) is 0 Å². The highest BCUT2D eigenvalue weighted by molar-refractivity contribution is 6.32. The minimum atomic E-state index is -0.216. The van der Waals surface area contributed by atoms with Gasteiger partial charge in [-0.2, -0.15) is 5.21 Å². The molecule has 3 aromatic rings. The summed E-state index contributed by atoms with van der Waals surface area (Å²) in [5.41, 5.74) is 3.15. The Bertz CT molecular complexity index is 1240. The van der Waals surface area contributed by atoms with Gasteiger partial charge >= 0.3 is 0 Å². The molecule has 2 aliphatic rings. The van der Waals surface area contributed by atoms with Crippen molar-refractivity contribution in [3.63, 3.8) is 0 Å². The number of fused-ring (bicyclic) bond motifs is 1. The van der Waals surface area contributed by atoms with Crippen molar-refractivity contribution in [2.45, 2.75) is 64.3 Å². The Hall–Kier alpha value is -3.33. The number of aromatic nitrogens is 4. The first-order valence-electron chi connectivity index (χ1n) is 12.5. The molecule has 190 valence electrons. The van der Waals surface area contributed by atoms with Crippen LogP contribution < -0.4 is 10.1 Å². The second-order valence-corrected chi connectivity index (χ2v) is 10.1. The SMILES string of the molecule is C[C@@H](C1CCCCC1)N(C)C(=O)c1cc(Oc2c(Cl)cc(Nc3nn[nH]n3)c3c2CCC3)ccc1O. The summed E-state index contributed by atoms with van der Waals surface area (Å²) < 4.78 is 6.25. The zero-order chi connectivity index (χ0) is 25.2. The summed E-state index contributed by atoms with van der Waals surface area (Å²) in [6.07, 6.45) is 8.60. The van der Waals surface area contributed by atoms with E-state index < -0.39 is 0 Å². The van der Waals surface area contributed by atoms with Crippen molar-refractivity contribution < 1.29 is 14.6 Å². The summed E-state index contributed by atoms with van der Waals surface area (Å²) in [7, 11) is 1.81. The maximum Gasteiger partial charge on any atom is 0.267 e. The molecule has 1 fully saturated rings. The van der Waals surface area contributed by atoms with Crippen LogP contribution in [-0.4, -0.2) is 49.6 Å². The second-order valence-electron chi connectivity index (χ2n) is 9.74. The summed E-state index contributed by atoms with van der Waals surface area (Å²) in [4.78, 5) is 15.1. The molecule has 0 unspecified atom stereocenters. The molecule has 1 aromatic heterocycles. The van der Waals surface area contributed by atoms with Crippen molar-refractivity contribution in [1.82, 2.24) is 25.5 Å². The fraction of sp³-hybridized carbons (Fsp3) is 0.462. The number of halogens is 1. The zero-order valence-corrected chi connectivity index (χ0v) is 21.3. The van der Waals surface area contributed by atoms with Crippen LogP contribution in [0, 0.1) is 5.92 Å². The van der Waals surface area contributed by atoms with Crippen LogP contribution in [0.4, 0.5) is 11.6 Å². The number of H-pyrrole nitrogens is 1. The Morgan fingerprint density at radius 1 is 1.19 bits per heavy atom. The highest BCUT2D eigenvalue weighted by Crippen LogP contribution is 2.44. The summed E-state index contributed by atoms with van der Waals surface area (Å²) in [6.45, 7) is 2.10. The van der Waals surface area contributed by atoms with E-state index in [1.165, 1.54) is 25.3 Å². The molecule has 1 amide bonds. The second kappa shape index (κ2) is 10.3. The van der Waals surface area contributed by atoms with Crippen LogP contribution >= 0.6 is 11.6 Å². The fourth-order valence-electron chi connectivity index (χ4n) is 5.45. The molecular formula is C26H31ClN6O3. The van der Waals surface area contributed by atoms with Gasteiger partial charge in [-0.3, -0.25) is 4.79 Å². The number of nitrogens with zero attached hydrogens (tertiary/aromatic N) is 4. The summed E-state index contributed by atoms with van der Waals surface area (Å²) >= 11 is 6.66. The minimum absolute atomic E-state index is 0.0639. The smallest absolute Gasteiger partial charge is 0.267 e. The molecule has 0 radical (unpaired) electrons. The number of carbonyl (C=O) groups is 1. The minimum Gasteiger partial charge on any atom is -0.507 e. The van der Waals surface area contributed by atoms with Crippen LogP contribution in [0.15, 0.2) is 24.3 Å². The van der Waals surface area contributed by atoms with E-state index in [9.17, 15) is 9.90 Å². The lowest BCUT2D eigenvalue weighted by Gasteiger charge is -2.34. The summed E-state index contributed by atoms with van der Waals surface area (Å²) in [6, 6.07) is 6.65. The fourth-order valence-corrected chi connectivity index (χ4v) is 5.71. The number of hydrogen-bond acceptors (Lipinski definition) is 7. The van der Waals surface area contributed by atoms with Gasteiger partial charge in [-0.25, -0.2) is 0 Å². The number of hydrogen-bond donors (Lipinski definition) is 3. The number of phenolic OH excluding ortho intramolecular Hbond substituents is 1. The average Bonchev–Trinajstić information content (AvgIpc) is 3.59. The Balaban J connectivity index is 1.39. The van der Waals surface area contributed by atoms with Gasteiger partial charge in [0.2, 0.25) is 0 Å². The number of amides is 1. The molecule has 1 heterocycles. The first-order valence-corrected chi connectivity index (χ1v) is 12.9. The van der Waals surface area contributed by atoms with E-state index in [2.05, 4.69) is 32.9 Å². The predicted octanol–water partition coefficient (Wildman–Crippen LogP) is 5.62. The number of tetrazole rings is 1. The van der Waals surface area contributed by atoms with Crippen molar-refractivity contribution in [3.8, 4) is 17.2 Å². The Morgan fingerprint density at radius 2 is 1.97 bits per heavy atom. The number of benzene rings is 2. The summed E-state index contributed by atoms with van der Waals surface area (Å²) in [5.74, 6) is 1.58. The standard InChI is InChI=1S/C26H31ClN6O3/c1-15(16-7-4-3-5-8-16)33(2)25(35)20-13-17(11-12-23(20)34)36-24-19-10-6-9-18(19)22(14-21(24)27)28-26-29-31-32-30-26/h11-16,34H,3-10H2,1-2H3,(H2,28,29,30,31,32)/t15-/m0/s1. The van der Waals surface area contributed by atoms with Gasteiger partial charge in [-0.05, 0) is 80.0 Å².